The maximum absolute atomic E-state index is 11.5. The third kappa shape index (κ3) is 5.50. The maximum atomic E-state index is 11.5. The first kappa shape index (κ1) is 16.3. The molecule has 3 N–H and O–H groups in total. The minimum absolute atomic E-state index is 0.200. The maximum Gasteiger partial charge on any atom is 0.488 e. The highest BCUT2D eigenvalue weighted by molar-refractivity contribution is 6.58. The highest BCUT2D eigenvalue weighted by Gasteiger charge is 2.17. The molecular weight excluding hydrogens is 261 g/mol. The highest BCUT2D eigenvalue weighted by Crippen LogP contribution is 2.12. The van der Waals surface area contributed by atoms with Crippen molar-refractivity contribution in [2.75, 3.05) is 7.11 Å². The number of benzene rings is 1. The summed E-state index contributed by atoms with van der Waals surface area (Å²) in [5, 5.41) is 21.0. The van der Waals surface area contributed by atoms with Crippen LogP contribution >= 0.6 is 0 Å². The molecule has 6 nitrogen and oxygen atoms in total. The molecule has 0 atom stereocenters. The summed E-state index contributed by atoms with van der Waals surface area (Å²) in [7, 11) is -0.112. The van der Waals surface area contributed by atoms with Crippen LogP contribution in [0.5, 0.6) is 5.75 Å². The summed E-state index contributed by atoms with van der Waals surface area (Å²) in [5.41, 5.74) is 0.411. The molecule has 0 heterocycles. The Labute approximate surface area is 118 Å². The Morgan fingerprint density at radius 1 is 1.30 bits per heavy atom. The van der Waals surface area contributed by atoms with Crippen LogP contribution in [0.3, 0.4) is 0 Å². The van der Waals surface area contributed by atoms with Crippen molar-refractivity contribution in [3.63, 3.8) is 0 Å². The highest BCUT2D eigenvalue weighted by atomic mass is 16.6. The molecule has 0 spiro atoms. The Kier molecular flexibility index (Phi) is 5.41. The van der Waals surface area contributed by atoms with E-state index in [1.54, 1.807) is 32.9 Å². The van der Waals surface area contributed by atoms with Crippen LogP contribution in [0.15, 0.2) is 18.2 Å². The lowest BCUT2D eigenvalue weighted by Gasteiger charge is -2.19. The molecule has 0 bridgehead atoms. The van der Waals surface area contributed by atoms with E-state index >= 15 is 0 Å². The molecule has 0 aliphatic carbocycles. The fourth-order valence-electron chi connectivity index (χ4n) is 1.54. The van der Waals surface area contributed by atoms with E-state index in [-0.39, 0.29) is 6.54 Å². The van der Waals surface area contributed by atoms with Crippen LogP contribution in [-0.2, 0) is 11.3 Å². The lowest BCUT2D eigenvalue weighted by Crippen LogP contribution is -2.33. The van der Waals surface area contributed by atoms with Crippen molar-refractivity contribution in [3.8, 4) is 5.75 Å². The number of amides is 1. The van der Waals surface area contributed by atoms with Gasteiger partial charge >= 0.3 is 13.2 Å². The molecule has 1 rings (SSSR count). The van der Waals surface area contributed by atoms with Gasteiger partial charge < -0.3 is 24.8 Å². The Morgan fingerprint density at radius 2 is 1.95 bits per heavy atom. The molecule has 1 aromatic carbocycles. The molecule has 0 saturated heterocycles. The number of rotatable bonds is 4. The van der Waals surface area contributed by atoms with Gasteiger partial charge in [-0.2, -0.15) is 0 Å². The predicted molar refractivity (Wildman–Crippen MR) is 75.9 cm³/mol. The zero-order chi connectivity index (χ0) is 15.3. The first-order valence-corrected chi connectivity index (χ1v) is 6.22. The van der Waals surface area contributed by atoms with Crippen LogP contribution in [0.2, 0.25) is 0 Å². The van der Waals surface area contributed by atoms with Gasteiger partial charge in [0.15, 0.2) is 0 Å². The van der Waals surface area contributed by atoms with Gasteiger partial charge in [0, 0.05) is 6.54 Å². The van der Waals surface area contributed by atoms with Crippen molar-refractivity contribution < 1.29 is 24.3 Å². The van der Waals surface area contributed by atoms with E-state index < -0.39 is 18.8 Å². The average Bonchev–Trinajstić information content (AvgIpc) is 2.33. The minimum Gasteiger partial charge on any atom is -0.497 e. The standard InChI is InChI=1S/C13H20BNO5/c1-13(2,3)20-12(16)15-8-9-5-10(14(17)18)7-11(6-9)19-4/h5-7,17-18H,8H2,1-4H3,(H,15,16). The monoisotopic (exact) mass is 281 g/mol. The molecule has 0 saturated carbocycles. The number of carbonyl (C=O) groups excluding carboxylic acids is 1. The summed E-state index contributed by atoms with van der Waals surface area (Å²) >= 11 is 0. The van der Waals surface area contributed by atoms with Crippen LogP contribution in [0, 0.1) is 0 Å². The fraction of sp³-hybridized carbons (Fsp3) is 0.462. The fourth-order valence-corrected chi connectivity index (χ4v) is 1.54. The van der Waals surface area contributed by atoms with Crippen molar-refractivity contribution in [2.45, 2.75) is 32.9 Å². The quantitative estimate of drug-likeness (QED) is 0.695. The largest absolute Gasteiger partial charge is 0.497 e. The third-order valence-electron chi connectivity index (χ3n) is 2.36. The molecule has 0 aromatic heterocycles. The molecule has 0 aliphatic heterocycles. The van der Waals surface area contributed by atoms with Gasteiger partial charge in [-0.15, -0.1) is 0 Å². The molecule has 1 aromatic rings. The molecule has 7 heteroatoms. The molecule has 1 amide bonds. The van der Waals surface area contributed by atoms with Crippen LogP contribution in [0.1, 0.15) is 26.3 Å². The van der Waals surface area contributed by atoms with Gasteiger partial charge in [-0.05, 0) is 43.9 Å². The molecule has 0 radical (unpaired) electrons. The topological polar surface area (TPSA) is 88.0 Å². The van der Waals surface area contributed by atoms with Gasteiger partial charge in [0.05, 0.1) is 7.11 Å². The lowest BCUT2D eigenvalue weighted by molar-refractivity contribution is 0.0523. The van der Waals surface area contributed by atoms with Crippen LogP contribution < -0.4 is 15.5 Å². The SMILES string of the molecule is COc1cc(CNC(=O)OC(C)(C)C)cc(B(O)O)c1. The third-order valence-corrected chi connectivity index (χ3v) is 2.36. The van der Waals surface area contributed by atoms with E-state index in [2.05, 4.69) is 5.32 Å². The molecule has 0 aliphatic rings. The molecule has 20 heavy (non-hydrogen) atoms. The minimum atomic E-state index is -1.59. The van der Waals surface area contributed by atoms with Gasteiger partial charge in [-0.3, -0.25) is 0 Å². The molecular formula is C13H20BNO5. The number of nitrogens with one attached hydrogen (secondary N) is 1. The van der Waals surface area contributed by atoms with Crippen LogP contribution in [0.4, 0.5) is 4.79 Å². The average molecular weight is 281 g/mol. The Hall–Kier alpha value is -1.73. The van der Waals surface area contributed by atoms with Gasteiger partial charge in [0.1, 0.15) is 11.4 Å². The predicted octanol–water partition coefficient (Wildman–Crippen LogP) is 0.400. The van der Waals surface area contributed by atoms with Crippen LogP contribution in [0.25, 0.3) is 0 Å². The zero-order valence-electron chi connectivity index (χ0n) is 12.1. The number of methoxy groups -OCH3 is 1. The van der Waals surface area contributed by atoms with Crippen molar-refractivity contribution in [2.24, 2.45) is 0 Å². The van der Waals surface area contributed by atoms with Gasteiger partial charge in [0.2, 0.25) is 0 Å². The van der Waals surface area contributed by atoms with E-state index in [0.717, 1.165) is 0 Å². The number of alkyl carbamates (subject to hydrolysis) is 1. The second kappa shape index (κ2) is 6.63. The summed E-state index contributed by atoms with van der Waals surface area (Å²) in [4.78, 5) is 11.5. The van der Waals surface area contributed by atoms with Gasteiger partial charge in [-0.25, -0.2) is 4.79 Å². The lowest BCUT2D eigenvalue weighted by atomic mass is 9.79. The first-order chi connectivity index (χ1) is 9.21. The van der Waals surface area contributed by atoms with Gasteiger partial charge in [0.25, 0.3) is 0 Å². The summed E-state index contributed by atoms with van der Waals surface area (Å²) in [5.74, 6) is 0.483. The summed E-state index contributed by atoms with van der Waals surface area (Å²) in [6, 6.07) is 4.79. The Morgan fingerprint density at radius 3 is 2.45 bits per heavy atom. The van der Waals surface area contributed by atoms with E-state index in [4.69, 9.17) is 9.47 Å². The van der Waals surface area contributed by atoms with Gasteiger partial charge in [-0.1, -0.05) is 6.07 Å². The molecule has 0 unspecified atom stereocenters. The van der Waals surface area contributed by atoms with E-state index in [0.29, 0.717) is 16.8 Å². The van der Waals surface area contributed by atoms with E-state index in [1.165, 1.54) is 13.2 Å². The van der Waals surface area contributed by atoms with E-state index in [1.807, 2.05) is 0 Å². The molecule has 110 valence electrons. The smallest absolute Gasteiger partial charge is 0.488 e. The number of hydrogen-bond acceptors (Lipinski definition) is 5. The first-order valence-electron chi connectivity index (χ1n) is 6.22. The Bertz CT molecular complexity index is 470. The van der Waals surface area contributed by atoms with Crippen LogP contribution in [-0.4, -0.2) is 36.0 Å². The molecule has 0 fully saturated rings. The van der Waals surface area contributed by atoms with E-state index in [9.17, 15) is 14.8 Å². The number of carbonyl (C=O) groups is 1. The number of ether oxygens (including phenoxy) is 2. The summed E-state index contributed by atoms with van der Waals surface area (Å²) < 4.78 is 10.2. The van der Waals surface area contributed by atoms with Crippen molar-refractivity contribution in [3.05, 3.63) is 23.8 Å². The second-order valence-corrected chi connectivity index (χ2v) is 5.34. The van der Waals surface area contributed by atoms with Crippen molar-refractivity contribution in [1.29, 1.82) is 0 Å². The zero-order valence-corrected chi connectivity index (χ0v) is 12.1. The Balaban J connectivity index is 2.72. The normalized spacial score (nSPS) is 10.9. The summed E-state index contributed by atoms with van der Waals surface area (Å²) in [6.45, 7) is 5.53. The number of hydrogen-bond donors (Lipinski definition) is 3. The second-order valence-electron chi connectivity index (χ2n) is 5.34. The summed E-state index contributed by atoms with van der Waals surface area (Å²) in [6.07, 6.45) is -0.536. The van der Waals surface area contributed by atoms with Crippen molar-refractivity contribution >= 4 is 18.7 Å². The van der Waals surface area contributed by atoms with Crippen molar-refractivity contribution in [1.82, 2.24) is 5.32 Å².